The van der Waals surface area contributed by atoms with Crippen molar-refractivity contribution < 1.29 is 9.90 Å². The van der Waals surface area contributed by atoms with Gasteiger partial charge in [-0.1, -0.05) is 20.3 Å². The van der Waals surface area contributed by atoms with E-state index in [0.717, 1.165) is 38.9 Å². The first kappa shape index (κ1) is 17.4. The third-order valence-electron chi connectivity index (χ3n) is 3.29. The van der Waals surface area contributed by atoms with Gasteiger partial charge in [-0.25, -0.2) is 0 Å². The van der Waals surface area contributed by atoms with Crippen molar-refractivity contribution in [3.8, 4) is 0 Å². The van der Waals surface area contributed by atoms with Gasteiger partial charge in [0.1, 0.15) is 0 Å². The molecular formula is C14H30N2O2. The second kappa shape index (κ2) is 8.48. The van der Waals surface area contributed by atoms with Crippen molar-refractivity contribution in [3.63, 3.8) is 0 Å². The molecule has 0 aliphatic carbocycles. The number of carboxylic acid groups (broad SMARTS) is 1. The Kier molecular flexibility index (Phi) is 8.20. The van der Waals surface area contributed by atoms with Gasteiger partial charge >= 0.3 is 5.97 Å². The molecule has 0 aromatic rings. The number of rotatable bonds is 10. The van der Waals surface area contributed by atoms with Gasteiger partial charge in [0.25, 0.3) is 0 Å². The normalized spacial score (nSPS) is 15.1. The Labute approximate surface area is 112 Å². The average molecular weight is 258 g/mol. The van der Waals surface area contributed by atoms with Crippen molar-refractivity contribution in [2.24, 2.45) is 5.41 Å². The zero-order valence-corrected chi connectivity index (χ0v) is 12.7. The second-order valence-corrected chi connectivity index (χ2v) is 5.70. The highest BCUT2D eigenvalue weighted by atomic mass is 16.4. The molecule has 1 unspecified atom stereocenters. The quantitative estimate of drug-likeness (QED) is 0.652. The fourth-order valence-electron chi connectivity index (χ4n) is 2.23. The molecule has 0 aliphatic rings. The number of carbonyl (C=O) groups is 1. The highest BCUT2D eigenvalue weighted by Crippen LogP contribution is 2.25. The minimum Gasteiger partial charge on any atom is -0.481 e. The average Bonchev–Trinajstić information content (AvgIpc) is 2.26. The smallest absolute Gasteiger partial charge is 0.310 e. The number of likely N-dealkylation sites (N-methyl/N-ethyl adjacent to an activating group) is 1. The van der Waals surface area contributed by atoms with E-state index < -0.39 is 11.4 Å². The van der Waals surface area contributed by atoms with E-state index in [0.29, 0.717) is 6.54 Å². The van der Waals surface area contributed by atoms with Crippen molar-refractivity contribution in [3.05, 3.63) is 0 Å². The third kappa shape index (κ3) is 6.36. The Morgan fingerprint density at radius 2 is 1.72 bits per heavy atom. The second-order valence-electron chi connectivity index (χ2n) is 5.70. The van der Waals surface area contributed by atoms with Gasteiger partial charge in [-0.05, 0) is 40.4 Å². The van der Waals surface area contributed by atoms with Gasteiger partial charge in [0.15, 0.2) is 0 Å². The monoisotopic (exact) mass is 258 g/mol. The first-order valence-corrected chi connectivity index (χ1v) is 6.96. The zero-order chi connectivity index (χ0) is 14.2. The molecule has 0 saturated carbocycles. The lowest BCUT2D eigenvalue weighted by Gasteiger charge is -2.32. The number of hydrogen-bond donors (Lipinski definition) is 1. The Morgan fingerprint density at radius 3 is 2.11 bits per heavy atom. The fraction of sp³-hybridized carbons (Fsp3) is 0.929. The van der Waals surface area contributed by atoms with Crippen molar-refractivity contribution in [2.75, 3.05) is 40.3 Å². The van der Waals surface area contributed by atoms with Gasteiger partial charge in [0.2, 0.25) is 0 Å². The van der Waals surface area contributed by atoms with Crippen LogP contribution in [0.4, 0.5) is 0 Å². The van der Waals surface area contributed by atoms with E-state index in [2.05, 4.69) is 16.7 Å². The summed E-state index contributed by atoms with van der Waals surface area (Å²) in [6.07, 6.45) is 2.72. The number of hydrogen-bond acceptors (Lipinski definition) is 3. The zero-order valence-electron chi connectivity index (χ0n) is 12.7. The molecule has 4 heteroatoms. The van der Waals surface area contributed by atoms with E-state index in [-0.39, 0.29) is 0 Å². The van der Waals surface area contributed by atoms with Crippen LogP contribution < -0.4 is 0 Å². The van der Waals surface area contributed by atoms with Crippen LogP contribution in [-0.4, -0.2) is 61.2 Å². The van der Waals surface area contributed by atoms with Crippen LogP contribution in [0.3, 0.4) is 0 Å². The molecule has 0 bridgehead atoms. The number of aliphatic carboxylic acids is 1. The molecule has 18 heavy (non-hydrogen) atoms. The Hall–Kier alpha value is -0.610. The first-order valence-electron chi connectivity index (χ1n) is 6.96. The van der Waals surface area contributed by atoms with Crippen LogP contribution in [0.15, 0.2) is 0 Å². The topological polar surface area (TPSA) is 43.8 Å². The molecule has 0 spiro atoms. The molecule has 0 aliphatic heterocycles. The molecule has 0 amide bonds. The van der Waals surface area contributed by atoms with Crippen molar-refractivity contribution in [1.82, 2.24) is 9.80 Å². The SMILES string of the molecule is CCCN(CCN(C)C)CC(C)(CCC)C(=O)O. The summed E-state index contributed by atoms with van der Waals surface area (Å²) in [6, 6.07) is 0. The molecule has 0 aromatic carbocycles. The lowest BCUT2D eigenvalue weighted by Crippen LogP contribution is -2.43. The van der Waals surface area contributed by atoms with Crippen LogP contribution in [0.1, 0.15) is 40.0 Å². The van der Waals surface area contributed by atoms with Crippen LogP contribution in [0.2, 0.25) is 0 Å². The van der Waals surface area contributed by atoms with Crippen LogP contribution in [0, 0.1) is 5.41 Å². The summed E-state index contributed by atoms with van der Waals surface area (Å²) in [5.74, 6) is -0.671. The maximum atomic E-state index is 11.5. The standard InChI is InChI=1S/C14H30N2O2/c1-6-8-14(3,13(17)18)12-16(9-7-2)11-10-15(4)5/h6-12H2,1-5H3,(H,17,18). The molecule has 0 rings (SSSR count). The minimum absolute atomic E-state index is 0.615. The van der Waals surface area contributed by atoms with Crippen LogP contribution in [0.25, 0.3) is 0 Å². The largest absolute Gasteiger partial charge is 0.481 e. The molecule has 0 heterocycles. The Bertz CT molecular complexity index is 244. The maximum Gasteiger partial charge on any atom is 0.310 e. The molecule has 108 valence electrons. The van der Waals surface area contributed by atoms with E-state index in [4.69, 9.17) is 0 Å². The van der Waals surface area contributed by atoms with E-state index in [1.54, 1.807) is 0 Å². The summed E-state index contributed by atoms with van der Waals surface area (Å²) in [4.78, 5) is 15.9. The first-order chi connectivity index (χ1) is 8.35. The third-order valence-corrected chi connectivity index (χ3v) is 3.29. The molecule has 0 radical (unpaired) electrons. The lowest BCUT2D eigenvalue weighted by molar-refractivity contribution is -0.149. The van der Waals surface area contributed by atoms with E-state index in [1.165, 1.54) is 0 Å². The fourth-order valence-corrected chi connectivity index (χ4v) is 2.23. The maximum absolute atomic E-state index is 11.5. The lowest BCUT2D eigenvalue weighted by atomic mass is 9.85. The van der Waals surface area contributed by atoms with Gasteiger partial charge in [0.05, 0.1) is 5.41 Å². The summed E-state index contributed by atoms with van der Waals surface area (Å²) >= 11 is 0. The molecular weight excluding hydrogens is 228 g/mol. The summed E-state index contributed by atoms with van der Waals surface area (Å²) in [5, 5.41) is 9.42. The summed E-state index contributed by atoms with van der Waals surface area (Å²) < 4.78 is 0. The van der Waals surface area contributed by atoms with Crippen molar-refractivity contribution in [1.29, 1.82) is 0 Å². The highest BCUT2D eigenvalue weighted by Gasteiger charge is 2.33. The van der Waals surface area contributed by atoms with Crippen LogP contribution in [0.5, 0.6) is 0 Å². The predicted molar refractivity (Wildman–Crippen MR) is 75.9 cm³/mol. The minimum atomic E-state index is -0.671. The van der Waals surface area contributed by atoms with E-state index in [1.807, 2.05) is 27.9 Å². The van der Waals surface area contributed by atoms with E-state index >= 15 is 0 Å². The predicted octanol–water partition coefficient (Wildman–Crippen LogP) is 2.15. The van der Waals surface area contributed by atoms with Crippen molar-refractivity contribution in [2.45, 2.75) is 40.0 Å². The summed E-state index contributed by atoms with van der Waals surface area (Å²) in [7, 11) is 4.10. The van der Waals surface area contributed by atoms with Crippen LogP contribution in [-0.2, 0) is 4.79 Å². The molecule has 1 atom stereocenters. The molecule has 0 fully saturated rings. The molecule has 0 saturated heterocycles. The Balaban J connectivity index is 4.55. The summed E-state index contributed by atoms with van der Waals surface area (Å²) in [5.41, 5.74) is -0.615. The van der Waals surface area contributed by atoms with Gasteiger partial charge in [-0.15, -0.1) is 0 Å². The van der Waals surface area contributed by atoms with Gasteiger partial charge < -0.3 is 14.9 Å². The van der Waals surface area contributed by atoms with Gasteiger partial charge in [-0.2, -0.15) is 0 Å². The highest BCUT2D eigenvalue weighted by molar-refractivity contribution is 5.74. The molecule has 4 nitrogen and oxygen atoms in total. The number of carboxylic acids is 1. The summed E-state index contributed by atoms with van der Waals surface area (Å²) in [6.45, 7) is 9.59. The molecule has 1 N–H and O–H groups in total. The Morgan fingerprint density at radius 1 is 1.11 bits per heavy atom. The van der Waals surface area contributed by atoms with Gasteiger partial charge in [0, 0.05) is 19.6 Å². The molecule has 0 aromatic heterocycles. The van der Waals surface area contributed by atoms with Crippen molar-refractivity contribution >= 4 is 5.97 Å². The van der Waals surface area contributed by atoms with Crippen LogP contribution >= 0.6 is 0 Å². The van der Waals surface area contributed by atoms with E-state index in [9.17, 15) is 9.90 Å². The van der Waals surface area contributed by atoms with Gasteiger partial charge in [-0.3, -0.25) is 4.79 Å². The number of nitrogens with zero attached hydrogens (tertiary/aromatic N) is 2.